The minimum Gasteiger partial charge on any atom is -0.457 e. The van der Waals surface area contributed by atoms with E-state index in [1.807, 2.05) is 0 Å². The van der Waals surface area contributed by atoms with Gasteiger partial charge in [0.05, 0.1) is 49.6 Å². The number of esters is 2. The molecule has 0 fully saturated rings. The summed E-state index contributed by atoms with van der Waals surface area (Å²) in [5.74, 6) is -3.47. The number of ketones is 2. The average molecular weight is 710 g/mol. The Kier molecular flexibility index (Phi) is 9.03. The molecule has 0 bridgehead atoms. The van der Waals surface area contributed by atoms with Crippen LogP contribution >= 0.6 is 86.4 Å². The maximum absolute atomic E-state index is 12.5. The van der Waals surface area contributed by atoms with Gasteiger partial charge in [0.1, 0.15) is 0 Å². The predicted molar refractivity (Wildman–Crippen MR) is 130 cm³/mol. The molecular formula is C18H14Br4O6S2. The van der Waals surface area contributed by atoms with Gasteiger partial charge in [-0.05, 0) is 91.4 Å². The molecule has 0 aliphatic carbocycles. The van der Waals surface area contributed by atoms with Crippen molar-refractivity contribution in [1.82, 2.24) is 0 Å². The SMILES string of the molecule is CC(C)OC(=O)C(=O)c1sc(-c2sc(C(=O)C(=O)OC(C)C)c(Br)c2Br)c(Br)c1Br. The van der Waals surface area contributed by atoms with Crippen molar-refractivity contribution in [2.45, 2.75) is 39.9 Å². The van der Waals surface area contributed by atoms with Gasteiger partial charge in [0.2, 0.25) is 0 Å². The summed E-state index contributed by atoms with van der Waals surface area (Å²) in [6.07, 6.45) is -0.852. The molecule has 162 valence electrons. The summed E-state index contributed by atoms with van der Waals surface area (Å²) in [5.41, 5.74) is 0. The number of rotatable bonds is 7. The van der Waals surface area contributed by atoms with Gasteiger partial charge in [-0.15, -0.1) is 22.7 Å². The lowest BCUT2D eigenvalue weighted by Gasteiger charge is -2.05. The average Bonchev–Trinajstić information content (AvgIpc) is 3.10. The number of carbonyl (C=O) groups excluding carboxylic acids is 4. The molecule has 30 heavy (non-hydrogen) atoms. The number of hydrogen-bond acceptors (Lipinski definition) is 8. The first kappa shape index (κ1) is 25.9. The van der Waals surface area contributed by atoms with Crippen LogP contribution in [0.4, 0.5) is 0 Å². The highest BCUT2D eigenvalue weighted by Crippen LogP contribution is 2.51. The minimum atomic E-state index is -0.954. The van der Waals surface area contributed by atoms with Crippen LogP contribution in [0, 0.1) is 0 Å². The number of halogens is 4. The molecule has 2 heterocycles. The zero-order valence-corrected chi connectivity index (χ0v) is 23.9. The lowest BCUT2D eigenvalue weighted by Crippen LogP contribution is -2.20. The van der Waals surface area contributed by atoms with E-state index in [1.165, 1.54) is 0 Å². The van der Waals surface area contributed by atoms with Crippen LogP contribution in [0.3, 0.4) is 0 Å². The molecule has 0 amide bonds. The normalized spacial score (nSPS) is 11.1. The molecule has 0 saturated heterocycles. The fraction of sp³-hybridized carbons (Fsp3) is 0.333. The molecule has 0 atom stereocenters. The lowest BCUT2D eigenvalue weighted by molar-refractivity contribution is -0.142. The monoisotopic (exact) mass is 706 g/mol. The van der Waals surface area contributed by atoms with E-state index >= 15 is 0 Å². The van der Waals surface area contributed by atoms with Gasteiger partial charge in [0.25, 0.3) is 11.6 Å². The maximum atomic E-state index is 12.5. The Morgan fingerprint density at radius 2 is 0.933 bits per heavy atom. The first-order chi connectivity index (χ1) is 13.9. The van der Waals surface area contributed by atoms with E-state index in [1.54, 1.807) is 27.7 Å². The summed E-state index contributed by atoms with van der Waals surface area (Å²) in [6, 6.07) is 0. The Labute approximate surface area is 214 Å². The lowest BCUT2D eigenvalue weighted by atomic mass is 10.3. The van der Waals surface area contributed by atoms with Crippen molar-refractivity contribution in [3.05, 3.63) is 27.6 Å². The highest BCUT2D eigenvalue weighted by Gasteiger charge is 2.32. The van der Waals surface area contributed by atoms with Crippen LogP contribution in [0.25, 0.3) is 9.75 Å². The van der Waals surface area contributed by atoms with Crippen LogP contribution in [0.5, 0.6) is 0 Å². The van der Waals surface area contributed by atoms with Gasteiger partial charge in [-0.2, -0.15) is 0 Å². The topological polar surface area (TPSA) is 86.7 Å². The van der Waals surface area contributed by atoms with E-state index in [2.05, 4.69) is 63.7 Å². The number of carbonyl (C=O) groups is 4. The van der Waals surface area contributed by atoms with Gasteiger partial charge in [-0.3, -0.25) is 9.59 Å². The summed E-state index contributed by atoms with van der Waals surface area (Å²) in [4.78, 5) is 50.6. The van der Waals surface area contributed by atoms with Crippen LogP contribution in [0.2, 0.25) is 0 Å². The molecule has 2 aromatic rings. The van der Waals surface area contributed by atoms with E-state index in [0.29, 0.717) is 27.6 Å². The molecule has 2 rings (SSSR count). The second-order valence-electron chi connectivity index (χ2n) is 6.34. The number of ether oxygens (including phenoxy) is 2. The first-order valence-electron chi connectivity index (χ1n) is 8.33. The molecule has 0 aliphatic heterocycles. The molecule has 0 N–H and O–H groups in total. The van der Waals surface area contributed by atoms with Gasteiger partial charge in [-0.1, -0.05) is 0 Å². The summed E-state index contributed by atoms with van der Waals surface area (Å²) >= 11 is 15.6. The molecule has 6 nitrogen and oxygen atoms in total. The van der Waals surface area contributed by atoms with Crippen molar-refractivity contribution >= 4 is 110 Å². The third-order valence-corrected chi connectivity index (χ3v) is 11.1. The van der Waals surface area contributed by atoms with Gasteiger partial charge in [-0.25, -0.2) is 9.59 Å². The van der Waals surface area contributed by atoms with Gasteiger partial charge in [0.15, 0.2) is 0 Å². The zero-order valence-electron chi connectivity index (χ0n) is 15.9. The van der Waals surface area contributed by atoms with Crippen LogP contribution in [-0.4, -0.2) is 35.7 Å². The van der Waals surface area contributed by atoms with Crippen molar-refractivity contribution in [3.8, 4) is 9.75 Å². The summed E-state index contributed by atoms with van der Waals surface area (Å²) in [5, 5.41) is 0. The van der Waals surface area contributed by atoms with Crippen molar-refractivity contribution in [3.63, 3.8) is 0 Å². The van der Waals surface area contributed by atoms with E-state index < -0.39 is 35.7 Å². The van der Waals surface area contributed by atoms with Crippen LogP contribution < -0.4 is 0 Å². The van der Waals surface area contributed by atoms with E-state index in [-0.39, 0.29) is 9.75 Å². The fourth-order valence-corrected chi connectivity index (χ4v) is 7.56. The number of hydrogen-bond donors (Lipinski definition) is 0. The molecule has 0 saturated carbocycles. The second-order valence-corrected chi connectivity index (χ2v) is 11.6. The van der Waals surface area contributed by atoms with E-state index in [4.69, 9.17) is 9.47 Å². The quantitative estimate of drug-likeness (QED) is 0.179. The summed E-state index contributed by atoms with van der Waals surface area (Å²) < 4.78 is 11.8. The second kappa shape index (κ2) is 10.5. The number of Topliss-reactive ketones (excluding diaryl/α,β-unsaturated/α-hetero) is 2. The molecule has 0 aliphatic rings. The minimum absolute atomic E-state index is 0.158. The van der Waals surface area contributed by atoms with E-state index in [9.17, 15) is 19.2 Å². The first-order valence-corrected chi connectivity index (χ1v) is 13.1. The van der Waals surface area contributed by atoms with E-state index in [0.717, 1.165) is 22.7 Å². The van der Waals surface area contributed by atoms with Gasteiger partial charge < -0.3 is 9.47 Å². The molecular weight excluding hydrogens is 696 g/mol. The molecule has 2 aromatic heterocycles. The van der Waals surface area contributed by atoms with Crippen LogP contribution in [0.15, 0.2) is 17.9 Å². The Balaban J connectivity index is 2.49. The standard InChI is InChI=1S/C18H14Br4O6S2/c1-5(2)27-17(25)11(23)13-7(19)9(21)15(29-13)16-10(22)8(20)14(30-16)12(24)18(26)28-6(3)4/h5-6H,1-4H3. The third-order valence-electron chi connectivity index (χ3n) is 3.27. The highest BCUT2D eigenvalue weighted by atomic mass is 79.9. The van der Waals surface area contributed by atoms with Gasteiger partial charge in [0, 0.05) is 0 Å². The summed E-state index contributed by atoms with van der Waals surface area (Å²) in [7, 11) is 0. The third kappa shape index (κ3) is 5.50. The molecule has 0 unspecified atom stereocenters. The summed E-state index contributed by atoms with van der Waals surface area (Å²) in [6.45, 7) is 6.61. The molecule has 0 aromatic carbocycles. The van der Waals surface area contributed by atoms with Crippen molar-refractivity contribution in [2.24, 2.45) is 0 Å². The maximum Gasteiger partial charge on any atom is 0.380 e. The largest absolute Gasteiger partial charge is 0.457 e. The zero-order chi connectivity index (χ0) is 22.9. The highest BCUT2D eigenvalue weighted by molar-refractivity contribution is 9.13. The van der Waals surface area contributed by atoms with Crippen molar-refractivity contribution in [2.75, 3.05) is 0 Å². The van der Waals surface area contributed by atoms with Crippen molar-refractivity contribution in [1.29, 1.82) is 0 Å². The Bertz CT molecular complexity index is 956. The Hall–Kier alpha value is -0.400. The molecule has 0 radical (unpaired) electrons. The fourth-order valence-electron chi connectivity index (χ4n) is 2.09. The smallest absolute Gasteiger partial charge is 0.380 e. The molecule has 0 spiro atoms. The molecule has 12 heteroatoms. The number of thiophene rings is 2. The van der Waals surface area contributed by atoms with Crippen LogP contribution in [-0.2, 0) is 19.1 Å². The van der Waals surface area contributed by atoms with Crippen molar-refractivity contribution < 1.29 is 28.7 Å². The van der Waals surface area contributed by atoms with Crippen LogP contribution in [0.1, 0.15) is 47.0 Å². The predicted octanol–water partition coefficient (Wildman–Crippen LogP) is 6.80. The Morgan fingerprint density at radius 1 is 0.633 bits per heavy atom. The Morgan fingerprint density at radius 3 is 1.20 bits per heavy atom. The van der Waals surface area contributed by atoms with Gasteiger partial charge >= 0.3 is 11.9 Å².